The van der Waals surface area contributed by atoms with E-state index in [9.17, 15) is 19.8 Å². The highest BCUT2D eigenvalue weighted by molar-refractivity contribution is 5.03. The van der Waals surface area contributed by atoms with Crippen LogP contribution in [0.25, 0.3) is 0 Å². The van der Waals surface area contributed by atoms with Gasteiger partial charge in [0.15, 0.2) is 6.23 Å². The van der Waals surface area contributed by atoms with Crippen molar-refractivity contribution in [1.29, 1.82) is 0 Å². The second-order valence-corrected chi connectivity index (χ2v) is 4.21. The number of aromatic nitrogens is 2. The topological polar surface area (TPSA) is 125 Å². The molecule has 1 aliphatic heterocycles. The molecule has 0 aromatic carbocycles. The summed E-state index contributed by atoms with van der Waals surface area (Å²) in [5.74, 6) is 0. The van der Waals surface area contributed by atoms with Crippen LogP contribution in [0.1, 0.15) is 11.8 Å². The van der Waals surface area contributed by atoms with Crippen LogP contribution in [0.2, 0.25) is 0 Å². The molecule has 1 saturated heterocycles. The minimum atomic E-state index is -1.36. The van der Waals surface area contributed by atoms with Crippen LogP contribution < -0.4 is 11.2 Å². The second-order valence-electron chi connectivity index (χ2n) is 4.21. The van der Waals surface area contributed by atoms with Crippen LogP contribution in [0.5, 0.6) is 0 Å². The third kappa shape index (κ3) is 1.99. The van der Waals surface area contributed by atoms with Gasteiger partial charge in [-0.25, -0.2) is 4.79 Å². The van der Waals surface area contributed by atoms with E-state index in [0.29, 0.717) is 0 Å². The second kappa shape index (κ2) is 4.65. The van der Waals surface area contributed by atoms with E-state index < -0.39 is 42.4 Å². The third-order valence-corrected chi connectivity index (χ3v) is 2.94. The monoisotopic (exact) mass is 258 g/mol. The fourth-order valence-corrected chi connectivity index (χ4v) is 1.88. The van der Waals surface area contributed by atoms with Crippen molar-refractivity contribution >= 4 is 0 Å². The van der Waals surface area contributed by atoms with Crippen LogP contribution in [0.15, 0.2) is 15.8 Å². The van der Waals surface area contributed by atoms with E-state index in [4.69, 9.17) is 9.84 Å². The van der Waals surface area contributed by atoms with Crippen LogP contribution in [0, 0.1) is 6.92 Å². The number of nitrogens with zero attached hydrogens (tertiary/aromatic N) is 1. The molecule has 18 heavy (non-hydrogen) atoms. The molecule has 1 fully saturated rings. The Bertz CT molecular complexity index is 550. The number of ether oxygens (including phenoxy) is 1. The molecule has 2 rings (SSSR count). The maximum atomic E-state index is 11.6. The molecular formula is C10H14N2O6. The van der Waals surface area contributed by atoms with Gasteiger partial charge in [-0.15, -0.1) is 0 Å². The molecule has 1 aromatic heterocycles. The summed E-state index contributed by atoms with van der Waals surface area (Å²) in [7, 11) is 0. The molecule has 8 nitrogen and oxygen atoms in total. The van der Waals surface area contributed by atoms with E-state index in [1.807, 2.05) is 0 Å². The number of hydrogen-bond acceptors (Lipinski definition) is 6. The number of aliphatic hydroxyl groups excluding tert-OH is 3. The van der Waals surface area contributed by atoms with E-state index >= 15 is 0 Å². The highest BCUT2D eigenvalue weighted by Gasteiger charge is 2.43. The van der Waals surface area contributed by atoms with E-state index in [-0.39, 0.29) is 5.56 Å². The standard InChI is InChI=1S/C10H14N2O6/c1-4-2-12(10(17)11-8(4)16)9-7(15)6(14)5(3-13)18-9/h2,5-7,9,13-15H,3H2,1H3,(H,11,16,17)/t5-,6+,7+,9+/m0/s1. The zero-order chi connectivity index (χ0) is 13.4. The van der Waals surface area contributed by atoms with Gasteiger partial charge in [-0.05, 0) is 6.92 Å². The Kier molecular flexibility index (Phi) is 3.35. The van der Waals surface area contributed by atoms with Gasteiger partial charge >= 0.3 is 5.69 Å². The molecule has 0 amide bonds. The summed E-state index contributed by atoms with van der Waals surface area (Å²) >= 11 is 0. The van der Waals surface area contributed by atoms with Crippen molar-refractivity contribution in [3.8, 4) is 0 Å². The molecular weight excluding hydrogens is 244 g/mol. The highest BCUT2D eigenvalue weighted by Crippen LogP contribution is 2.27. The molecule has 0 spiro atoms. The van der Waals surface area contributed by atoms with Gasteiger partial charge in [0.25, 0.3) is 5.56 Å². The molecule has 1 aliphatic rings. The quantitative estimate of drug-likeness (QED) is 0.463. The molecule has 0 bridgehead atoms. The zero-order valence-corrected chi connectivity index (χ0v) is 9.61. The van der Waals surface area contributed by atoms with Gasteiger partial charge in [-0.1, -0.05) is 0 Å². The van der Waals surface area contributed by atoms with Gasteiger partial charge in [0.1, 0.15) is 18.3 Å². The number of aliphatic hydroxyl groups is 3. The van der Waals surface area contributed by atoms with Gasteiger partial charge in [0.2, 0.25) is 0 Å². The number of aryl methyl sites for hydroxylation is 1. The van der Waals surface area contributed by atoms with E-state index in [0.717, 1.165) is 4.57 Å². The number of hydrogen-bond donors (Lipinski definition) is 4. The normalized spacial score (nSPS) is 31.8. The largest absolute Gasteiger partial charge is 0.394 e. The Morgan fingerprint density at radius 3 is 2.61 bits per heavy atom. The molecule has 8 heteroatoms. The number of nitrogens with one attached hydrogen (secondary N) is 1. The fraction of sp³-hybridized carbons (Fsp3) is 0.600. The predicted molar refractivity (Wildman–Crippen MR) is 59.1 cm³/mol. The lowest BCUT2D eigenvalue weighted by Gasteiger charge is -2.17. The molecule has 4 atom stereocenters. The molecule has 1 aromatic rings. The van der Waals surface area contributed by atoms with Gasteiger partial charge in [-0.2, -0.15) is 0 Å². The summed E-state index contributed by atoms with van der Waals surface area (Å²) in [4.78, 5) is 24.9. The Morgan fingerprint density at radius 1 is 1.39 bits per heavy atom. The van der Waals surface area contributed by atoms with Crippen LogP contribution >= 0.6 is 0 Å². The average Bonchev–Trinajstić information content (AvgIpc) is 2.61. The van der Waals surface area contributed by atoms with E-state index in [1.165, 1.54) is 13.1 Å². The van der Waals surface area contributed by atoms with Crippen LogP contribution in [-0.2, 0) is 4.74 Å². The number of H-pyrrole nitrogens is 1. The van der Waals surface area contributed by atoms with Crippen molar-refractivity contribution < 1.29 is 20.1 Å². The first-order chi connectivity index (χ1) is 8.45. The summed E-state index contributed by atoms with van der Waals surface area (Å²) in [6.07, 6.45) is -3.52. The molecule has 0 unspecified atom stereocenters. The van der Waals surface area contributed by atoms with Gasteiger partial charge < -0.3 is 20.1 Å². The van der Waals surface area contributed by atoms with E-state index in [1.54, 1.807) is 0 Å². The van der Waals surface area contributed by atoms with Crippen molar-refractivity contribution in [1.82, 2.24) is 9.55 Å². The first-order valence-electron chi connectivity index (χ1n) is 5.40. The predicted octanol–water partition coefficient (Wildman–Crippen LogP) is -2.54. The molecule has 0 aliphatic carbocycles. The Morgan fingerprint density at radius 2 is 2.06 bits per heavy atom. The summed E-state index contributed by atoms with van der Waals surface area (Å²) in [6, 6.07) is 0. The number of rotatable bonds is 2. The maximum absolute atomic E-state index is 11.6. The van der Waals surface area contributed by atoms with Crippen molar-refractivity contribution in [2.45, 2.75) is 31.5 Å². The summed E-state index contributed by atoms with van der Waals surface area (Å²) in [6.45, 7) is 1.02. The zero-order valence-electron chi connectivity index (χ0n) is 9.61. The van der Waals surface area contributed by atoms with Gasteiger partial charge in [0, 0.05) is 11.8 Å². The summed E-state index contributed by atoms with van der Waals surface area (Å²) in [5, 5.41) is 28.3. The third-order valence-electron chi connectivity index (χ3n) is 2.94. The molecule has 4 N–H and O–H groups in total. The van der Waals surface area contributed by atoms with Gasteiger partial charge in [0.05, 0.1) is 6.61 Å². The van der Waals surface area contributed by atoms with Crippen LogP contribution in [0.3, 0.4) is 0 Å². The Labute approximate surface area is 101 Å². The van der Waals surface area contributed by atoms with Crippen molar-refractivity contribution in [2.75, 3.05) is 6.61 Å². The van der Waals surface area contributed by atoms with Crippen molar-refractivity contribution in [2.24, 2.45) is 0 Å². The van der Waals surface area contributed by atoms with Crippen LogP contribution in [0.4, 0.5) is 0 Å². The van der Waals surface area contributed by atoms with E-state index in [2.05, 4.69) is 4.98 Å². The molecule has 2 heterocycles. The first-order valence-corrected chi connectivity index (χ1v) is 5.40. The lowest BCUT2D eigenvalue weighted by atomic mass is 10.1. The summed E-state index contributed by atoms with van der Waals surface area (Å²) in [5.41, 5.74) is -1.00. The first kappa shape index (κ1) is 13.0. The fourth-order valence-electron chi connectivity index (χ4n) is 1.88. The Balaban J connectivity index is 2.42. The Hall–Kier alpha value is -1.48. The molecule has 100 valence electrons. The van der Waals surface area contributed by atoms with Crippen LogP contribution in [-0.4, -0.2) is 49.8 Å². The van der Waals surface area contributed by atoms with Crippen molar-refractivity contribution in [3.63, 3.8) is 0 Å². The lowest BCUT2D eigenvalue weighted by Crippen LogP contribution is -2.38. The number of aromatic amines is 1. The smallest absolute Gasteiger partial charge is 0.330 e. The maximum Gasteiger partial charge on any atom is 0.330 e. The summed E-state index contributed by atoms with van der Waals surface area (Å²) < 4.78 is 6.17. The van der Waals surface area contributed by atoms with Gasteiger partial charge in [-0.3, -0.25) is 14.3 Å². The SMILES string of the molecule is Cc1cn([C@@H]2O[C@@H](CO)[C@@H](O)[C@H]2O)c(=O)[nH]c1=O. The average molecular weight is 258 g/mol. The lowest BCUT2D eigenvalue weighted by molar-refractivity contribution is -0.0551. The minimum Gasteiger partial charge on any atom is -0.394 e. The minimum absolute atomic E-state index is 0.271. The molecule has 0 radical (unpaired) electrons. The highest BCUT2D eigenvalue weighted by atomic mass is 16.6. The molecule has 0 saturated carbocycles. The van der Waals surface area contributed by atoms with Crippen molar-refractivity contribution in [3.05, 3.63) is 32.6 Å².